The zero-order valence-corrected chi connectivity index (χ0v) is 24.3. The van der Waals surface area contributed by atoms with E-state index in [0.717, 1.165) is 38.4 Å². The minimum atomic E-state index is -0.697. The number of nitrogens with one attached hydrogen (secondary N) is 1. The van der Waals surface area contributed by atoms with Crippen molar-refractivity contribution in [2.24, 2.45) is 0 Å². The van der Waals surface area contributed by atoms with Gasteiger partial charge in [-0.05, 0) is 69.7 Å². The van der Waals surface area contributed by atoms with Gasteiger partial charge >= 0.3 is 0 Å². The van der Waals surface area contributed by atoms with Crippen LogP contribution in [0.5, 0.6) is 5.75 Å². The third kappa shape index (κ3) is 7.27. The number of fused-ring (bicyclic) bond motifs is 1. The van der Waals surface area contributed by atoms with Crippen molar-refractivity contribution >= 4 is 38.5 Å². The highest BCUT2D eigenvalue weighted by atomic mass is 79.9. The molecule has 0 saturated carbocycles. The molecule has 2 amide bonds. The normalized spacial score (nSPS) is 12.5. The zero-order chi connectivity index (χ0) is 27.8. The smallest absolute Gasteiger partial charge is 0.261 e. The number of carbonyl (C=O) groups is 2. The number of nitrogens with zero attached hydrogens (tertiary/aromatic N) is 1. The first kappa shape index (κ1) is 28.4. The molecular formula is C33H35BrN2O3. The van der Waals surface area contributed by atoms with Crippen LogP contribution in [0, 0.1) is 6.92 Å². The van der Waals surface area contributed by atoms with Crippen molar-refractivity contribution < 1.29 is 14.3 Å². The number of carbonyl (C=O) groups excluding carboxylic acids is 2. The Balaban J connectivity index is 1.65. The quantitative estimate of drug-likeness (QED) is 0.209. The molecule has 1 N–H and O–H groups in total. The molecule has 0 saturated heterocycles. The van der Waals surface area contributed by atoms with E-state index in [0.29, 0.717) is 18.7 Å². The van der Waals surface area contributed by atoms with Gasteiger partial charge in [-0.25, -0.2) is 0 Å². The molecule has 0 unspecified atom stereocenters. The lowest BCUT2D eigenvalue weighted by atomic mass is 10.0. The molecule has 0 aromatic heterocycles. The molecule has 2 atom stereocenters. The zero-order valence-electron chi connectivity index (χ0n) is 22.7. The van der Waals surface area contributed by atoms with Crippen molar-refractivity contribution in [3.05, 3.63) is 112 Å². The van der Waals surface area contributed by atoms with Gasteiger partial charge in [0.05, 0.1) is 4.47 Å². The van der Waals surface area contributed by atoms with Gasteiger partial charge in [-0.1, -0.05) is 91.9 Å². The second-order valence-electron chi connectivity index (χ2n) is 9.86. The lowest BCUT2D eigenvalue weighted by Gasteiger charge is -2.32. The summed E-state index contributed by atoms with van der Waals surface area (Å²) in [6, 6.07) is 28.9. The Morgan fingerprint density at radius 1 is 0.923 bits per heavy atom. The second-order valence-corrected chi connectivity index (χ2v) is 10.7. The van der Waals surface area contributed by atoms with Crippen LogP contribution in [0.3, 0.4) is 0 Å². The number of benzene rings is 4. The van der Waals surface area contributed by atoms with E-state index in [2.05, 4.69) is 21.2 Å². The highest BCUT2D eigenvalue weighted by Crippen LogP contribution is 2.33. The number of hydrogen-bond donors (Lipinski definition) is 1. The average Bonchev–Trinajstić information content (AvgIpc) is 2.95. The van der Waals surface area contributed by atoms with E-state index < -0.39 is 6.04 Å². The summed E-state index contributed by atoms with van der Waals surface area (Å²) < 4.78 is 6.87. The van der Waals surface area contributed by atoms with Gasteiger partial charge in [-0.15, -0.1) is 0 Å². The highest BCUT2D eigenvalue weighted by molar-refractivity contribution is 9.10. The van der Waals surface area contributed by atoms with Crippen molar-refractivity contribution in [3.63, 3.8) is 0 Å². The summed E-state index contributed by atoms with van der Waals surface area (Å²) in [5.41, 5.74) is 3.05. The molecule has 4 aromatic rings. The van der Waals surface area contributed by atoms with Gasteiger partial charge in [-0.2, -0.15) is 0 Å². The Kier molecular flexibility index (Phi) is 9.77. The van der Waals surface area contributed by atoms with E-state index >= 15 is 0 Å². The number of rotatable bonds is 11. The molecule has 0 aliphatic rings. The minimum absolute atomic E-state index is 0.00371. The molecule has 5 nitrogen and oxygen atoms in total. The SMILES string of the molecule is CC[C@@H](C)NC(=O)[C@@H](Cc1ccccc1)N(Cc1ccccc1C)C(=O)COc1ccc2ccccc2c1Br. The second kappa shape index (κ2) is 13.4. The number of aryl methyl sites for hydroxylation is 1. The van der Waals surface area contributed by atoms with Gasteiger partial charge in [0, 0.05) is 19.0 Å². The van der Waals surface area contributed by atoms with Gasteiger partial charge in [0.2, 0.25) is 5.91 Å². The molecule has 0 aliphatic heterocycles. The van der Waals surface area contributed by atoms with Crippen LogP contribution in [0.4, 0.5) is 0 Å². The molecule has 6 heteroatoms. The summed E-state index contributed by atoms with van der Waals surface area (Å²) >= 11 is 3.65. The molecule has 202 valence electrons. The minimum Gasteiger partial charge on any atom is -0.483 e. The molecule has 4 aromatic carbocycles. The van der Waals surface area contributed by atoms with Crippen molar-refractivity contribution in [2.75, 3.05) is 6.61 Å². The van der Waals surface area contributed by atoms with Crippen LogP contribution in [0.2, 0.25) is 0 Å². The summed E-state index contributed by atoms with van der Waals surface area (Å²) in [5.74, 6) is 0.169. The maximum absolute atomic E-state index is 13.9. The van der Waals surface area contributed by atoms with Gasteiger partial charge in [0.15, 0.2) is 6.61 Å². The van der Waals surface area contributed by atoms with Gasteiger partial charge in [0.25, 0.3) is 5.91 Å². The van der Waals surface area contributed by atoms with Crippen LogP contribution >= 0.6 is 15.9 Å². The predicted molar refractivity (Wildman–Crippen MR) is 161 cm³/mol. The van der Waals surface area contributed by atoms with Crippen molar-refractivity contribution in [1.82, 2.24) is 10.2 Å². The first-order chi connectivity index (χ1) is 18.9. The first-order valence-electron chi connectivity index (χ1n) is 13.4. The Morgan fingerprint density at radius 3 is 2.36 bits per heavy atom. The van der Waals surface area contributed by atoms with Crippen LogP contribution in [-0.2, 0) is 22.6 Å². The number of ether oxygens (including phenoxy) is 1. The van der Waals surface area contributed by atoms with E-state index in [-0.39, 0.29) is 24.5 Å². The largest absolute Gasteiger partial charge is 0.483 e. The predicted octanol–water partition coefficient (Wildman–Crippen LogP) is 6.84. The summed E-state index contributed by atoms with van der Waals surface area (Å²) in [6.07, 6.45) is 1.20. The number of halogens is 1. The van der Waals surface area contributed by atoms with Crippen molar-refractivity contribution in [3.8, 4) is 5.75 Å². The lowest BCUT2D eigenvalue weighted by Crippen LogP contribution is -2.53. The van der Waals surface area contributed by atoms with Crippen LogP contribution in [0.15, 0.2) is 95.5 Å². The Morgan fingerprint density at radius 2 is 1.62 bits per heavy atom. The fourth-order valence-corrected chi connectivity index (χ4v) is 5.12. The topological polar surface area (TPSA) is 58.6 Å². The summed E-state index contributed by atoms with van der Waals surface area (Å²) in [7, 11) is 0. The van der Waals surface area contributed by atoms with E-state index in [1.54, 1.807) is 4.90 Å². The van der Waals surface area contributed by atoms with E-state index in [9.17, 15) is 9.59 Å². The maximum Gasteiger partial charge on any atom is 0.261 e. The van der Waals surface area contributed by atoms with Crippen molar-refractivity contribution in [1.29, 1.82) is 0 Å². The van der Waals surface area contributed by atoms with Gasteiger partial charge in [-0.3, -0.25) is 9.59 Å². The standard InChI is InChI=1S/C33H35BrN2O3/c1-4-24(3)35-33(38)29(20-25-13-6-5-7-14-25)36(21-27-16-9-8-12-23(27)2)31(37)22-39-30-19-18-26-15-10-11-17-28(26)32(30)34/h5-19,24,29H,4,20-22H2,1-3H3,(H,35,38)/t24-,29-/m1/s1. The van der Waals surface area contributed by atoms with E-state index in [1.165, 1.54) is 0 Å². The fourth-order valence-electron chi connectivity index (χ4n) is 4.51. The fraction of sp³-hybridized carbons (Fsp3) is 0.273. The van der Waals surface area contributed by atoms with Crippen LogP contribution < -0.4 is 10.1 Å². The Hall–Kier alpha value is -3.64. The molecule has 0 bridgehead atoms. The maximum atomic E-state index is 13.9. The van der Waals surface area contributed by atoms with Gasteiger partial charge in [0.1, 0.15) is 11.8 Å². The third-order valence-corrected chi connectivity index (χ3v) is 7.87. The molecule has 39 heavy (non-hydrogen) atoms. The average molecular weight is 588 g/mol. The van der Waals surface area contributed by atoms with Crippen molar-refractivity contribution in [2.45, 2.75) is 52.2 Å². The molecular weight excluding hydrogens is 552 g/mol. The van der Waals surface area contributed by atoms with Crippen LogP contribution in [0.25, 0.3) is 10.8 Å². The molecule has 0 heterocycles. The molecule has 0 spiro atoms. The summed E-state index contributed by atoms with van der Waals surface area (Å²) in [5, 5.41) is 5.19. The lowest BCUT2D eigenvalue weighted by molar-refractivity contribution is -0.143. The Labute approximate surface area is 239 Å². The highest BCUT2D eigenvalue weighted by Gasteiger charge is 2.31. The summed E-state index contributed by atoms with van der Waals surface area (Å²) in [4.78, 5) is 29.2. The molecule has 0 fully saturated rings. The van der Waals surface area contributed by atoms with E-state index in [1.807, 2.05) is 112 Å². The number of amides is 2. The van der Waals surface area contributed by atoms with Gasteiger partial charge < -0.3 is 15.0 Å². The molecule has 0 aliphatic carbocycles. The third-order valence-electron chi connectivity index (χ3n) is 7.05. The molecule has 0 radical (unpaired) electrons. The van der Waals surface area contributed by atoms with E-state index in [4.69, 9.17) is 4.74 Å². The van der Waals surface area contributed by atoms with Crippen LogP contribution in [0.1, 0.15) is 37.0 Å². The Bertz CT molecular complexity index is 1420. The monoisotopic (exact) mass is 586 g/mol. The molecule has 4 rings (SSSR count). The van der Waals surface area contributed by atoms with Crippen LogP contribution in [-0.4, -0.2) is 35.4 Å². The number of hydrogen-bond acceptors (Lipinski definition) is 3. The summed E-state index contributed by atoms with van der Waals surface area (Å²) in [6.45, 7) is 6.14. The first-order valence-corrected chi connectivity index (χ1v) is 14.1.